The van der Waals surface area contributed by atoms with Crippen LogP contribution in [0.25, 0.3) is 6.08 Å². The van der Waals surface area contributed by atoms with Gasteiger partial charge in [0.05, 0.1) is 12.7 Å². The molecule has 7 nitrogen and oxygen atoms in total. The maximum Gasteiger partial charge on any atom is 0.329 e. The summed E-state index contributed by atoms with van der Waals surface area (Å²) in [5, 5.41) is 12.2. The molecule has 0 atom stereocenters. The second-order valence-corrected chi connectivity index (χ2v) is 5.79. The lowest BCUT2D eigenvalue weighted by Crippen LogP contribution is -2.58. The van der Waals surface area contributed by atoms with E-state index in [1.165, 1.54) is 0 Å². The molecule has 3 rings (SSSR count). The maximum atomic E-state index is 12.5. The Morgan fingerprint density at radius 1 is 1.29 bits per heavy atom. The van der Waals surface area contributed by atoms with Gasteiger partial charge in [0, 0.05) is 31.6 Å². The minimum absolute atomic E-state index is 0.0609. The van der Waals surface area contributed by atoms with Crippen LogP contribution >= 0.6 is 0 Å². The third kappa shape index (κ3) is 2.94. The summed E-state index contributed by atoms with van der Waals surface area (Å²) in [5.41, 5.74) is -0.185. The molecule has 0 unspecified atom stereocenters. The lowest BCUT2D eigenvalue weighted by atomic mass is 9.89. The minimum atomic E-state index is -1.29. The summed E-state index contributed by atoms with van der Waals surface area (Å²) in [4.78, 5) is 24.2. The van der Waals surface area contributed by atoms with Gasteiger partial charge in [0.15, 0.2) is 11.5 Å². The van der Waals surface area contributed by atoms with Crippen LogP contribution in [0.4, 0.5) is 0 Å². The van der Waals surface area contributed by atoms with Gasteiger partial charge in [-0.15, -0.1) is 0 Å². The van der Waals surface area contributed by atoms with Gasteiger partial charge in [-0.2, -0.15) is 0 Å². The molecule has 0 bridgehead atoms. The molecule has 1 aromatic rings. The van der Waals surface area contributed by atoms with Crippen molar-refractivity contribution >= 4 is 18.0 Å². The van der Waals surface area contributed by atoms with Crippen LogP contribution in [-0.2, 0) is 14.3 Å². The summed E-state index contributed by atoms with van der Waals surface area (Å²) in [7, 11) is 1.55. The normalized spacial score (nSPS) is 18.6. The van der Waals surface area contributed by atoms with Gasteiger partial charge in [0.25, 0.3) is 5.91 Å². The number of methoxy groups -OCH3 is 1. The van der Waals surface area contributed by atoms with Gasteiger partial charge in [0.1, 0.15) is 12.1 Å². The zero-order valence-electron chi connectivity index (χ0n) is 13.3. The number of benzene rings is 1. The van der Waals surface area contributed by atoms with E-state index in [4.69, 9.17) is 14.2 Å². The van der Waals surface area contributed by atoms with Crippen LogP contribution in [0.2, 0.25) is 0 Å². The second kappa shape index (κ2) is 6.52. The fourth-order valence-electron chi connectivity index (χ4n) is 2.88. The summed E-state index contributed by atoms with van der Waals surface area (Å²) in [6.45, 7) is 0.676. The summed E-state index contributed by atoms with van der Waals surface area (Å²) in [6.07, 6.45) is 2.19. The number of carboxylic acid groups (broad SMARTS) is 1. The lowest BCUT2D eigenvalue weighted by Gasteiger charge is -2.34. The Hall–Kier alpha value is -2.54. The molecule has 0 radical (unpaired) electrons. The van der Waals surface area contributed by atoms with Crippen LogP contribution in [-0.4, -0.2) is 49.5 Å². The number of para-hydroxylation sites is 1. The number of carboxylic acids is 1. The van der Waals surface area contributed by atoms with Crippen molar-refractivity contribution in [3.63, 3.8) is 0 Å². The molecule has 0 aromatic heterocycles. The monoisotopic (exact) mass is 333 g/mol. The van der Waals surface area contributed by atoms with Gasteiger partial charge in [0.2, 0.25) is 0 Å². The van der Waals surface area contributed by atoms with Crippen molar-refractivity contribution in [1.29, 1.82) is 0 Å². The lowest BCUT2D eigenvalue weighted by molar-refractivity contribution is -0.151. The molecule has 0 aliphatic carbocycles. The topological polar surface area (TPSA) is 94.1 Å². The molecule has 7 heteroatoms. The van der Waals surface area contributed by atoms with Crippen LogP contribution in [0.5, 0.6) is 11.5 Å². The number of hydrogen-bond donors (Lipinski definition) is 2. The number of hydrogen-bond acceptors (Lipinski definition) is 5. The Labute approximate surface area is 139 Å². The molecule has 2 aliphatic heterocycles. The second-order valence-electron chi connectivity index (χ2n) is 5.79. The van der Waals surface area contributed by atoms with Gasteiger partial charge >= 0.3 is 5.97 Å². The molecular formula is C17H19NO6. The van der Waals surface area contributed by atoms with E-state index < -0.39 is 17.4 Å². The summed E-state index contributed by atoms with van der Waals surface area (Å²) < 4.78 is 16.1. The number of ether oxygens (including phenoxy) is 3. The Morgan fingerprint density at radius 2 is 2.04 bits per heavy atom. The van der Waals surface area contributed by atoms with Gasteiger partial charge in [-0.05, 0) is 12.1 Å². The number of amides is 1. The van der Waals surface area contributed by atoms with Crippen molar-refractivity contribution in [1.82, 2.24) is 5.32 Å². The molecule has 2 N–H and O–H groups in total. The number of fused-ring (bicyclic) bond motifs is 1. The number of aliphatic carboxylic acids is 1. The van der Waals surface area contributed by atoms with E-state index in [2.05, 4.69) is 5.32 Å². The maximum absolute atomic E-state index is 12.5. The molecule has 2 heterocycles. The number of nitrogens with one attached hydrogen (secondary N) is 1. The van der Waals surface area contributed by atoms with Gasteiger partial charge < -0.3 is 24.6 Å². The zero-order chi connectivity index (χ0) is 17.2. The zero-order valence-corrected chi connectivity index (χ0v) is 13.3. The van der Waals surface area contributed by atoms with E-state index in [1.54, 1.807) is 25.3 Å². The van der Waals surface area contributed by atoms with Crippen molar-refractivity contribution < 1.29 is 28.9 Å². The van der Waals surface area contributed by atoms with Crippen molar-refractivity contribution in [3.8, 4) is 11.5 Å². The van der Waals surface area contributed by atoms with Gasteiger partial charge in [-0.3, -0.25) is 4.79 Å². The molecule has 24 heavy (non-hydrogen) atoms. The van der Waals surface area contributed by atoms with E-state index in [0.717, 1.165) is 5.56 Å². The van der Waals surface area contributed by atoms with Crippen molar-refractivity contribution in [3.05, 3.63) is 29.3 Å². The summed E-state index contributed by atoms with van der Waals surface area (Å²) in [5.74, 6) is -0.309. The van der Waals surface area contributed by atoms with E-state index >= 15 is 0 Å². The van der Waals surface area contributed by atoms with Crippen LogP contribution in [0.3, 0.4) is 0 Å². The molecular weight excluding hydrogens is 314 g/mol. The number of carbonyl (C=O) groups excluding carboxylic acids is 1. The molecule has 1 amide bonds. The molecule has 1 fully saturated rings. The van der Waals surface area contributed by atoms with Crippen molar-refractivity contribution in [2.45, 2.75) is 18.4 Å². The first kappa shape index (κ1) is 16.3. The van der Waals surface area contributed by atoms with E-state index in [0.29, 0.717) is 30.3 Å². The van der Waals surface area contributed by atoms with Crippen molar-refractivity contribution in [2.24, 2.45) is 0 Å². The smallest absolute Gasteiger partial charge is 0.329 e. The molecule has 2 aliphatic rings. The quantitative estimate of drug-likeness (QED) is 0.860. The number of rotatable bonds is 4. The predicted octanol–water partition coefficient (Wildman–Crippen LogP) is 1.22. The molecule has 0 saturated carbocycles. The fraction of sp³-hybridized carbons (Fsp3) is 0.412. The average Bonchev–Trinajstić information content (AvgIpc) is 2.61. The van der Waals surface area contributed by atoms with Crippen LogP contribution in [0, 0.1) is 0 Å². The third-order valence-corrected chi connectivity index (χ3v) is 4.33. The van der Waals surface area contributed by atoms with Crippen LogP contribution < -0.4 is 14.8 Å². The van der Waals surface area contributed by atoms with Gasteiger partial charge in [-0.25, -0.2) is 4.79 Å². The number of carbonyl (C=O) groups is 2. The average molecular weight is 333 g/mol. The Bertz CT molecular complexity index is 690. The molecule has 0 spiro atoms. The SMILES string of the molecule is COc1cccc2c1OCC(C(=O)NC1(C(=O)O)CCOCC1)=C2. The van der Waals surface area contributed by atoms with E-state index in [-0.39, 0.29) is 19.4 Å². The highest BCUT2D eigenvalue weighted by molar-refractivity contribution is 6.01. The highest BCUT2D eigenvalue weighted by Crippen LogP contribution is 2.35. The Balaban J connectivity index is 1.82. The van der Waals surface area contributed by atoms with Crippen LogP contribution in [0.1, 0.15) is 18.4 Å². The first-order valence-electron chi connectivity index (χ1n) is 7.70. The molecule has 128 valence electrons. The molecule has 1 aromatic carbocycles. The Kier molecular flexibility index (Phi) is 4.44. The third-order valence-electron chi connectivity index (χ3n) is 4.33. The molecule has 1 saturated heterocycles. The van der Waals surface area contributed by atoms with Gasteiger partial charge in [-0.1, -0.05) is 12.1 Å². The summed E-state index contributed by atoms with van der Waals surface area (Å²) >= 11 is 0. The summed E-state index contributed by atoms with van der Waals surface area (Å²) in [6, 6.07) is 5.39. The first-order valence-corrected chi connectivity index (χ1v) is 7.70. The van der Waals surface area contributed by atoms with E-state index in [9.17, 15) is 14.7 Å². The first-order chi connectivity index (χ1) is 11.6. The standard InChI is InChI=1S/C17H19NO6/c1-22-13-4-2-3-11-9-12(10-24-14(11)13)15(19)18-17(16(20)21)5-7-23-8-6-17/h2-4,9H,5-8,10H2,1H3,(H,18,19)(H,20,21). The highest BCUT2D eigenvalue weighted by Gasteiger charge is 2.42. The highest BCUT2D eigenvalue weighted by atomic mass is 16.5. The Morgan fingerprint density at radius 3 is 2.71 bits per heavy atom. The largest absolute Gasteiger partial charge is 0.493 e. The van der Waals surface area contributed by atoms with Crippen LogP contribution in [0.15, 0.2) is 23.8 Å². The van der Waals surface area contributed by atoms with E-state index in [1.807, 2.05) is 6.07 Å². The fourth-order valence-corrected chi connectivity index (χ4v) is 2.88. The van der Waals surface area contributed by atoms with Crippen molar-refractivity contribution in [2.75, 3.05) is 26.9 Å². The predicted molar refractivity (Wildman–Crippen MR) is 85.0 cm³/mol. The minimum Gasteiger partial charge on any atom is -0.493 e.